The molecule has 2 N–H and O–H groups in total. The van der Waals surface area contributed by atoms with Gasteiger partial charge in [-0.05, 0) is 12.8 Å². The Balaban J connectivity index is 1.47. The van der Waals surface area contributed by atoms with Crippen molar-refractivity contribution in [2.45, 2.75) is 18.9 Å². The SMILES string of the molecule is COc1cc(-n2cnc(Nc3nc(N4CCCC4CO)nc4scnc34)c2)cc(OC)c1OC. The molecule has 0 bridgehead atoms. The summed E-state index contributed by atoms with van der Waals surface area (Å²) in [6.45, 7) is 0.886. The third-order valence-electron chi connectivity index (χ3n) is 5.81. The van der Waals surface area contributed by atoms with Crippen LogP contribution in [-0.2, 0) is 0 Å². The van der Waals surface area contributed by atoms with E-state index in [-0.39, 0.29) is 12.6 Å². The molecule has 5 rings (SSSR count). The van der Waals surface area contributed by atoms with Crippen LogP contribution < -0.4 is 24.4 Å². The topological polar surface area (TPSA) is 120 Å². The van der Waals surface area contributed by atoms with Gasteiger partial charge in [-0.2, -0.15) is 9.97 Å². The Morgan fingerprint density at radius 2 is 1.91 bits per heavy atom. The van der Waals surface area contributed by atoms with Crippen LogP contribution >= 0.6 is 11.3 Å². The van der Waals surface area contributed by atoms with E-state index in [1.807, 2.05) is 22.9 Å². The molecule has 1 unspecified atom stereocenters. The minimum Gasteiger partial charge on any atom is -0.493 e. The Hall–Kier alpha value is -3.64. The molecule has 0 saturated carbocycles. The molecule has 3 aromatic heterocycles. The van der Waals surface area contributed by atoms with Crippen molar-refractivity contribution in [3.8, 4) is 22.9 Å². The van der Waals surface area contributed by atoms with Gasteiger partial charge in [-0.3, -0.25) is 0 Å². The molecular formula is C22H25N7O4S. The zero-order valence-corrected chi connectivity index (χ0v) is 19.9. The van der Waals surface area contributed by atoms with Gasteiger partial charge in [0.25, 0.3) is 0 Å². The van der Waals surface area contributed by atoms with E-state index in [0.717, 1.165) is 29.9 Å². The van der Waals surface area contributed by atoms with Crippen LogP contribution in [0.25, 0.3) is 16.0 Å². The van der Waals surface area contributed by atoms with Gasteiger partial charge in [0.15, 0.2) is 22.1 Å². The van der Waals surface area contributed by atoms with Crippen LogP contribution in [0.1, 0.15) is 12.8 Å². The molecule has 0 aliphatic carbocycles. The molecule has 4 aromatic rings. The first-order chi connectivity index (χ1) is 16.6. The number of aliphatic hydroxyl groups excluding tert-OH is 1. The summed E-state index contributed by atoms with van der Waals surface area (Å²) < 4.78 is 18.2. The molecule has 178 valence electrons. The molecule has 0 amide bonds. The van der Waals surface area contributed by atoms with E-state index in [9.17, 15) is 5.11 Å². The Morgan fingerprint density at radius 1 is 1.12 bits per heavy atom. The van der Waals surface area contributed by atoms with Crippen molar-refractivity contribution in [2.24, 2.45) is 0 Å². The maximum atomic E-state index is 9.73. The molecule has 1 fully saturated rings. The summed E-state index contributed by atoms with van der Waals surface area (Å²) in [4.78, 5) is 21.2. The molecule has 0 radical (unpaired) electrons. The fourth-order valence-corrected chi connectivity index (χ4v) is 4.77. The molecule has 1 aromatic carbocycles. The molecule has 4 heterocycles. The number of imidazole rings is 1. The summed E-state index contributed by atoms with van der Waals surface area (Å²) in [5, 5.41) is 13.0. The van der Waals surface area contributed by atoms with Gasteiger partial charge in [0.1, 0.15) is 17.7 Å². The molecule has 1 aliphatic rings. The Bertz CT molecular complexity index is 1280. The van der Waals surface area contributed by atoms with E-state index in [1.54, 1.807) is 33.2 Å². The number of aromatic nitrogens is 5. The van der Waals surface area contributed by atoms with E-state index in [1.165, 1.54) is 11.3 Å². The lowest BCUT2D eigenvalue weighted by Gasteiger charge is -2.23. The highest BCUT2D eigenvalue weighted by atomic mass is 32.1. The summed E-state index contributed by atoms with van der Waals surface area (Å²) in [6.07, 6.45) is 5.44. The minimum absolute atomic E-state index is 0.0254. The van der Waals surface area contributed by atoms with Crippen LogP contribution in [0.3, 0.4) is 0 Å². The molecule has 1 aliphatic heterocycles. The second kappa shape index (κ2) is 9.31. The predicted octanol–water partition coefficient (Wildman–Crippen LogP) is 3.00. The van der Waals surface area contributed by atoms with Gasteiger partial charge in [0, 0.05) is 18.7 Å². The molecular weight excluding hydrogens is 458 g/mol. The van der Waals surface area contributed by atoms with Gasteiger partial charge in [-0.15, -0.1) is 11.3 Å². The van der Waals surface area contributed by atoms with Crippen molar-refractivity contribution in [2.75, 3.05) is 44.7 Å². The van der Waals surface area contributed by atoms with Crippen molar-refractivity contribution in [3.05, 3.63) is 30.2 Å². The maximum Gasteiger partial charge on any atom is 0.229 e. The van der Waals surface area contributed by atoms with Crippen LogP contribution in [0.4, 0.5) is 17.6 Å². The fourth-order valence-electron chi connectivity index (χ4n) is 4.12. The van der Waals surface area contributed by atoms with Gasteiger partial charge in [-0.25, -0.2) is 9.97 Å². The summed E-state index contributed by atoms with van der Waals surface area (Å²) in [7, 11) is 4.73. The van der Waals surface area contributed by atoms with Crippen molar-refractivity contribution in [1.29, 1.82) is 0 Å². The summed E-state index contributed by atoms with van der Waals surface area (Å²) in [5.74, 6) is 3.37. The largest absolute Gasteiger partial charge is 0.493 e. The number of ether oxygens (including phenoxy) is 3. The standard InChI is InChI=1S/C22H25N7O4S/c1-31-15-7-14(8-16(32-2)19(15)33-3)28-9-17(23-11-28)25-20-18-21(34-12-24-18)27-22(26-20)29-6-4-5-13(29)10-30/h7-9,11-13,30H,4-6,10H2,1-3H3,(H,25,26,27). The number of benzene rings is 1. The number of fused-ring (bicyclic) bond motifs is 1. The third-order valence-corrected chi connectivity index (χ3v) is 6.53. The summed E-state index contributed by atoms with van der Waals surface area (Å²) >= 11 is 1.45. The molecule has 0 spiro atoms. The number of thiazole rings is 1. The van der Waals surface area contributed by atoms with Crippen molar-refractivity contribution in [1.82, 2.24) is 24.5 Å². The number of hydrogen-bond acceptors (Lipinski definition) is 11. The lowest BCUT2D eigenvalue weighted by atomic mass is 10.2. The predicted molar refractivity (Wildman–Crippen MR) is 129 cm³/mol. The number of rotatable bonds is 8. The molecule has 1 saturated heterocycles. The van der Waals surface area contributed by atoms with Gasteiger partial charge in [0.2, 0.25) is 11.7 Å². The average Bonchev–Trinajstić information content (AvgIpc) is 3.63. The second-order valence-electron chi connectivity index (χ2n) is 7.73. The molecule has 34 heavy (non-hydrogen) atoms. The molecule has 11 nitrogen and oxygen atoms in total. The van der Waals surface area contributed by atoms with Crippen LogP contribution in [0.2, 0.25) is 0 Å². The summed E-state index contributed by atoms with van der Waals surface area (Å²) in [5.41, 5.74) is 3.21. The Morgan fingerprint density at radius 3 is 2.62 bits per heavy atom. The van der Waals surface area contributed by atoms with E-state index >= 15 is 0 Å². The van der Waals surface area contributed by atoms with Crippen LogP contribution in [0, 0.1) is 0 Å². The quantitative estimate of drug-likeness (QED) is 0.387. The minimum atomic E-state index is 0.0254. The smallest absolute Gasteiger partial charge is 0.229 e. The van der Waals surface area contributed by atoms with E-state index in [2.05, 4.69) is 25.2 Å². The van der Waals surface area contributed by atoms with Gasteiger partial charge >= 0.3 is 0 Å². The van der Waals surface area contributed by atoms with Crippen LogP contribution in [-0.4, -0.2) is 70.1 Å². The number of nitrogens with zero attached hydrogens (tertiary/aromatic N) is 6. The monoisotopic (exact) mass is 483 g/mol. The highest BCUT2D eigenvalue weighted by molar-refractivity contribution is 7.16. The zero-order valence-electron chi connectivity index (χ0n) is 19.1. The van der Waals surface area contributed by atoms with E-state index in [4.69, 9.17) is 19.2 Å². The van der Waals surface area contributed by atoms with Gasteiger partial charge in [-0.1, -0.05) is 0 Å². The highest BCUT2D eigenvalue weighted by Gasteiger charge is 2.27. The Labute approximate surface area is 200 Å². The average molecular weight is 484 g/mol. The first-order valence-corrected chi connectivity index (χ1v) is 11.6. The number of nitrogens with one attached hydrogen (secondary N) is 1. The highest BCUT2D eigenvalue weighted by Crippen LogP contribution is 2.39. The number of aliphatic hydroxyl groups is 1. The summed E-state index contributed by atoms with van der Waals surface area (Å²) in [6, 6.07) is 3.71. The van der Waals surface area contributed by atoms with E-state index < -0.39 is 0 Å². The second-order valence-corrected chi connectivity index (χ2v) is 8.56. The van der Waals surface area contributed by atoms with Crippen molar-refractivity contribution in [3.63, 3.8) is 0 Å². The van der Waals surface area contributed by atoms with Crippen LogP contribution in [0.15, 0.2) is 30.2 Å². The molecule has 12 heteroatoms. The maximum absolute atomic E-state index is 9.73. The zero-order chi connectivity index (χ0) is 23.7. The molecule has 1 atom stereocenters. The van der Waals surface area contributed by atoms with Crippen molar-refractivity contribution < 1.29 is 19.3 Å². The van der Waals surface area contributed by atoms with Gasteiger partial charge < -0.3 is 34.1 Å². The van der Waals surface area contributed by atoms with Gasteiger partial charge in [0.05, 0.1) is 51.4 Å². The van der Waals surface area contributed by atoms with Crippen molar-refractivity contribution >= 4 is 39.3 Å². The first-order valence-electron chi connectivity index (χ1n) is 10.7. The lowest BCUT2D eigenvalue weighted by Crippen LogP contribution is -2.33. The fraction of sp³-hybridized carbons (Fsp3) is 0.364. The number of anilines is 3. The van der Waals surface area contributed by atoms with Crippen LogP contribution in [0.5, 0.6) is 17.2 Å². The lowest BCUT2D eigenvalue weighted by molar-refractivity contribution is 0.265. The first kappa shape index (κ1) is 22.2. The number of hydrogen-bond donors (Lipinski definition) is 2. The van der Waals surface area contributed by atoms with E-state index in [0.29, 0.717) is 40.3 Å². The normalized spacial score (nSPS) is 15.6. The Kier molecular flexibility index (Phi) is 6.07. The third kappa shape index (κ3) is 3.94. The number of methoxy groups -OCH3 is 3.